The molecule has 0 aliphatic carbocycles. The largest absolute Gasteiger partial charge is 0.354 e. The van der Waals surface area contributed by atoms with Gasteiger partial charge in [0.15, 0.2) is 0 Å². The van der Waals surface area contributed by atoms with Crippen LogP contribution in [0.1, 0.15) is 42.5 Å². The summed E-state index contributed by atoms with van der Waals surface area (Å²) in [7, 11) is 0. The summed E-state index contributed by atoms with van der Waals surface area (Å²) in [6, 6.07) is 4.25. The summed E-state index contributed by atoms with van der Waals surface area (Å²) in [5.41, 5.74) is 1.28. The number of aryl methyl sites for hydroxylation is 2. The molecule has 0 bridgehead atoms. The lowest BCUT2D eigenvalue weighted by molar-refractivity contribution is -0.124. The van der Waals surface area contributed by atoms with Crippen LogP contribution in [0.5, 0.6) is 0 Å². The quantitative estimate of drug-likeness (QED) is 0.708. The topological polar surface area (TPSA) is 76.0 Å². The van der Waals surface area contributed by atoms with Gasteiger partial charge in [-0.15, -0.1) is 0 Å². The molecule has 0 radical (unpaired) electrons. The molecule has 2 atom stereocenters. The molecule has 158 valence electrons. The fraction of sp³-hybridized carbons (Fsp3) is 0.476. The average molecular weight is 406 g/mol. The summed E-state index contributed by atoms with van der Waals surface area (Å²) in [5, 5.41) is 9.67. The number of hydrogen-bond donors (Lipinski definition) is 2. The van der Waals surface area contributed by atoms with Crippen molar-refractivity contribution in [3.8, 4) is 0 Å². The Labute approximate surface area is 169 Å². The average Bonchev–Trinajstić information content (AvgIpc) is 2.94. The van der Waals surface area contributed by atoms with Crippen LogP contribution in [0.4, 0.5) is 8.78 Å². The molecular formula is C21H28F2N4O2. The van der Waals surface area contributed by atoms with Crippen molar-refractivity contribution in [2.24, 2.45) is 11.8 Å². The van der Waals surface area contributed by atoms with Gasteiger partial charge in [0.2, 0.25) is 5.91 Å². The number of hydrogen-bond acceptors (Lipinski definition) is 3. The van der Waals surface area contributed by atoms with E-state index in [-0.39, 0.29) is 11.8 Å². The molecule has 2 rings (SSSR count). The summed E-state index contributed by atoms with van der Waals surface area (Å²) in [5.74, 6) is -3.45. The maximum atomic E-state index is 13.8. The Kier molecular flexibility index (Phi) is 7.47. The minimum Gasteiger partial charge on any atom is -0.354 e. The van der Waals surface area contributed by atoms with Crippen LogP contribution in [-0.2, 0) is 11.3 Å². The molecule has 0 aliphatic rings. The van der Waals surface area contributed by atoms with Crippen LogP contribution in [0, 0.1) is 37.3 Å². The molecule has 0 aliphatic heterocycles. The van der Waals surface area contributed by atoms with Crippen molar-refractivity contribution >= 4 is 11.8 Å². The van der Waals surface area contributed by atoms with E-state index in [1.165, 1.54) is 6.07 Å². The van der Waals surface area contributed by atoms with Crippen molar-refractivity contribution in [1.29, 1.82) is 0 Å². The Morgan fingerprint density at radius 3 is 2.28 bits per heavy atom. The Morgan fingerprint density at radius 1 is 1.14 bits per heavy atom. The van der Waals surface area contributed by atoms with Crippen LogP contribution in [0.3, 0.4) is 0 Å². The van der Waals surface area contributed by atoms with Crippen molar-refractivity contribution in [3.63, 3.8) is 0 Å². The highest BCUT2D eigenvalue weighted by Crippen LogP contribution is 2.13. The van der Waals surface area contributed by atoms with Crippen LogP contribution in [-0.4, -0.2) is 34.2 Å². The van der Waals surface area contributed by atoms with Gasteiger partial charge in [-0.2, -0.15) is 5.10 Å². The van der Waals surface area contributed by atoms with Gasteiger partial charge in [0.05, 0.1) is 5.69 Å². The zero-order chi connectivity index (χ0) is 21.7. The molecule has 2 aromatic rings. The van der Waals surface area contributed by atoms with Gasteiger partial charge in [-0.05, 0) is 43.9 Å². The first-order valence-corrected chi connectivity index (χ1v) is 9.63. The number of aromatic nitrogens is 2. The fourth-order valence-corrected chi connectivity index (χ4v) is 3.07. The molecule has 1 aromatic heterocycles. The second-order valence-corrected chi connectivity index (χ2v) is 7.75. The molecule has 1 heterocycles. The van der Waals surface area contributed by atoms with Gasteiger partial charge in [0.25, 0.3) is 5.91 Å². The highest BCUT2D eigenvalue weighted by molar-refractivity contribution is 5.98. The summed E-state index contributed by atoms with van der Waals surface area (Å²) < 4.78 is 29.6. The van der Waals surface area contributed by atoms with E-state index in [0.717, 1.165) is 23.5 Å². The Balaban J connectivity index is 1.98. The summed E-state index contributed by atoms with van der Waals surface area (Å²) in [4.78, 5) is 25.0. The number of benzene rings is 1. The van der Waals surface area contributed by atoms with Crippen LogP contribution in [0.2, 0.25) is 0 Å². The highest BCUT2D eigenvalue weighted by Gasteiger charge is 2.27. The Hall–Kier alpha value is -2.77. The number of rotatable bonds is 8. The molecular weight excluding hydrogens is 378 g/mol. The molecule has 8 heteroatoms. The van der Waals surface area contributed by atoms with Crippen molar-refractivity contribution in [2.45, 2.75) is 47.2 Å². The number of carbonyl (C=O) groups is 2. The maximum Gasteiger partial charge on any atom is 0.257 e. The van der Waals surface area contributed by atoms with Gasteiger partial charge >= 0.3 is 0 Å². The molecule has 2 N–H and O–H groups in total. The number of nitrogens with one attached hydrogen (secondary N) is 2. The minimum absolute atomic E-state index is 0.101. The van der Waals surface area contributed by atoms with Crippen LogP contribution < -0.4 is 10.6 Å². The van der Waals surface area contributed by atoms with Gasteiger partial charge in [-0.3, -0.25) is 14.3 Å². The van der Waals surface area contributed by atoms with E-state index in [4.69, 9.17) is 0 Å². The normalized spacial score (nSPS) is 13.2. The molecule has 29 heavy (non-hydrogen) atoms. The van der Waals surface area contributed by atoms with Crippen molar-refractivity contribution in [3.05, 3.63) is 52.9 Å². The van der Waals surface area contributed by atoms with Crippen LogP contribution >= 0.6 is 0 Å². The van der Waals surface area contributed by atoms with Gasteiger partial charge in [-0.25, -0.2) is 8.78 Å². The molecule has 2 amide bonds. The summed E-state index contributed by atoms with van der Waals surface area (Å²) >= 11 is 0. The van der Waals surface area contributed by atoms with E-state index in [1.54, 1.807) is 13.8 Å². The first-order valence-electron chi connectivity index (χ1n) is 9.63. The van der Waals surface area contributed by atoms with Crippen molar-refractivity contribution < 1.29 is 18.4 Å². The summed E-state index contributed by atoms with van der Waals surface area (Å²) in [6.45, 7) is 10.4. The SMILES string of the molecule is Cc1cc(C)n(CC(C)CNC(=O)C(NC(=O)c2c(F)cccc2F)C(C)C)n1. The van der Waals surface area contributed by atoms with Crippen LogP contribution in [0.25, 0.3) is 0 Å². The van der Waals surface area contributed by atoms with E-state index in [2.05, 4.69) is 15.7 Å². The van der Waals surface area contributed by atoms with Crippen LogP contribution in [0.15, 0.2) is 24.3 Å². The lowest BCUT2D eigenvalue weighted by atomic mass is 10.0. The third-order valence-electron chi connectivity index (χ3n) is 4.64. The van der Waals surface area contributed by atoms with E-state index < -0.39 is 35.1 Å². The molecule has 0 spiro atoms. The van der Waals surface area contributed by atoms with Gasteiger partial charge in [-0.1, -0.05) is 26.8 Å². The monoisotopic (exact) mass is 406 g/mol. The van der Waals surface area contributed by atoms with E-state index >= 15 is 0 Å². The maximum absolute atomic E-state index is 13.8. The standard InChI is InChI=1S/C21H28F2N4O2/c1-12(2)19(25-20(28)18-16(22)7-6-8-17(18)23)21(29)24-10-13(3)11-27-15(5)9-14(4)26-27/h6-9,12-13,19H,10-11H2,1-5H3,(H,24,29)(H,25,28). The third kappa shape index (κ3) is 5.85. The molecule has 1 aromatic carbocycles. The predicted octanol–water partition coefficient (Wildman–Crippen LogP) is 2.99. The second kappa shape index (κ2) is 9.62. The van der Waals surface area contributed by atoms with Crippen molar-refractivity contribution in [1.82, 2.24) is 20.4 Å². The number of amides is 2. The van der Waals surface area contributed by atoms with E-state index in [0.29, 0.717) is 13.1 Å². The zero-order valence-corrected chi connectivity index (χ0v) is 17.4. The number of nitrogens with zero attached hydrogens (tertiary/aromatic N) is 2. The Morgan fingerprint density at radius 2 is 1.76 bits per heavy atom. The second-order valence-electron chi connectivity index (χ2n) is 7.75. The number of carbonyl (C=O) groups excluding carboxylic acids is 2. The molecule has 6 nitrogen and oxygen atoms in total. The smallest absolute Gasteiger partial charge is 0.257 e. The minimum atomic E-state index is -0.969. The fourth-order valence-electron chi connectivity index (χ4n) is 3.07. The van der Waals surface area contributed by atoms with E-state index in [9.17, 15) is 18.4 Å². The molecule has 0 fully saturated rings. The highest BCUT2D eigenvalue weighted by atomic mass is 19.1. The lowest BCUT2D eigenvalue weighted by Gasteiger charge is -2.23. The third-order valence-corrected chi connectivity index (χ3v) is 4.64. The molecule has 0 saturated heterocycles. The van der Waals surface area contributed by atoms with Gasteiger partial charge in [0.1, 0.15) is 23.2 Å². The van der Waals surface area contributed by atoms with Gasteiger partial charge in [0, 0.05) is 18.8 Å². The number of halogens is 2. The molecule has 0 saturated carbocycles. The molecule has 2 unspecified atom stereocenters. The van der Waals surface area contributed by atoms with Crippen molar-refractivity contribution in [2.75, 3.05) is 6.54 Å². The zero-order valence-electron chi connectivity index (χ0n) is 17.4. The van der Waals surface area contributed by atoms with E-state index in [1.807, 2.05) is 31.5 Å². The van der Waals surface area contributed by atoms with Gasteiger partial charge < -0.3 is 10.6 Å². The summed E-state index contributed by atoms with van der Waals surface area (Å²) in [6.07, 6.45) is 0. The lowest BCUT2D eigenvalue weighted by Crippen LogP contribution is -2.50. The Bertz CT molecular complexity index is 859. The predicted molar refractivity (Wildman–Crippen MR) is 106 cm³/mol. The first kappa shape index (κ1) is 22.5. The first-order chi connectivity index (χ1) is 13.6.